The molecule has 21 heavy (non-hydrogen) atoms. The van der Waals surface area contributed by atoms with Crippen molar-refractivity contribution in [2.45, 2.75) is 26.7 Å². The zero-order chi connectivity index (χ0) is 17.4. The molecule has 0 spiro atoms. The van der Waals surface area contributed by atoms with E-state index in [1.807, 2.05) is 0 Å². The van der Waals surface area contributed by atoms with Gasteiger partial charge in [-0.1, -0.05) is 0 Å². The van der Waals surface area contributed by atoms with Gasteiger partial charge in [-0.2, -0.15) is 0 Å². The third-order valence-electron chi connectivity index (χ3n) is 1.84. The predicted molar refractivity (Wildman–Crippen MR) is 77.5 cm³/mol. The van der Waals surface area contributed by atoms with Crippen molar-refractivity contribution in [2.75, 3.05) is 35.0 Å². The molecule has 0 saturated carbocycles. The van der Waals surface area contributed by atoms with Gasteiger partial charge in [0.15, 0.2) is 0 Å². The Bertz CT molecular complexity index is 331. The van der Waals surface area contributed by atoms with Crippen molar-refractivity contribution in [1.29, 1.82) is 0 Å². The number of carbonyl (C=O) groups is 4. The van der Waals surface area contributed by atoms with Crippen LogP contribution in [0.4, 0.5) is 0 Å². The van der Waals surface area contributed by atoms with Crippen LogP contribution < -0.4 is 5.32 Å². The number of Topliss-reactive ketones (excluding diaryl/α,β-unsaturated/α-hetero) is 2. The summed E-state index contributed by atoms with van der Waals surface area (Å²) in [6.45, 7) is 3.23. The lowest BCUT2D eigenvalue weighted by Gasteiger charge is -2.14. The van der Waals surface area contributed by atoms with Gasteiger partial charge < -0.3 is 20.1 Å². The first-order valence-electron chi connectivity index (χ1n) is 6.13. The predicted octanol–water partition coefficient (Wildman–Crippen LogP) is -0.652. The van der Waals surface area contributed by atoms with Gasteiger partial charge in [-0.25, -0.2) is 0 Å². The van der Waals surface area contributed by atoms with Crippen LogP contribution in [0.25, 0.3) is 0 Å². The van der Waals surface area contributed by atoms with E-state index >= 15 is 0 Å². The number of rotatable bonds is 6. The summed E-state index contributed by atoms with van der Waals surface area (Å²) in [6, 6.07) is 0. The van der Waals surface area contributed by atoms with Crippen LogP contribution in [0.15, 0.2) is 0 Å². The van der Waals surface area contributed by atoms with Crippen molar-refractivity contribution in [3.05, 3.63) is 0 Å². The zero-order valence-corrected chi connectivity index (χ0v) is 13.6. The highest BCUT2D eigenvalue weighted by atomic mass is 16.5. The minimum absolute atomic E-state index is 0.00181. The van der Waals surface area contributed by atoms with Crippen LogP contribution >= 0.6 is 0 Å². The molecule has 0 aromatic carbocycles. The summed E-state index contributed by atoms with van der Waals surface area (Å²) in [4.78, 5) is 43.3. The lowest BCUT2D eigenvalue weighted by Crippen LogP contribution is -2.34. The highest BCUT2D eigenvalue weighted by molar-refractivity contribution is 5.96. The highest BCUT2D eigenvalue weighted by Crippen LogP contribution is 1.89. The molecule has 8 nitrogen and oxygen atoms in total. The molecule has 0 bridgehead atoms. The topological polar surface area (TPSA) is 113 Å². The molecular formula is C13H26N2O6. The fourth-order valence-corrected chi connectivity index (χ4v) is 0.949. The van der Waals surface area contributed by atoms with Crippen LogP contribution in [0.1, 0.15) is 26.7 Å². The minimum atomic E-state index is -0.475. The van der Waals surface area contributed by atoms with Gasteiger partial charge in [0.25, 0.3) is 0 Å². The Balaban J connectivity index is -0.000000286. The molecule has 0 aliphatic rings. The Morgan fingerprint density at radius 2 is 1.48 bits per heavy atom. The molecule has 0 heterocycles. The molecule has 1 amide bonds. The van der Waals surface area contributed by atoms with Crippen molar-refractivity contribution in [1.82, 2.24) is 10.2 Å². The number of methoxy groups -OCH3 is 1. The van der Waals surface area contributed by atoms with Crippen molar-refractivity contribution in [2.24, 2.45) is 0 Å². The van der Waals surface area contributed by atoms with E-state index in [-0.39, 0.29) is 30.3 Å². The molecule has 0 radical (unpaired) electrons. The van der Waals surface area contributed by atoms with Crippen LogP contribution in [-0.4, -0.2) is 68.4 Å². The number of hydrogen-bond acceptors (Lipinski definition) is 7. The van der Waals surface area contributed by atoms with Crippen molar-refractivity contribution < 1.29 is 29.0 Å². The van der Waals surface area contributed by atoms with Crippen LogP contribution in [-0.2, 0) is 23.9 Å². The van der Waals surface area contributed by atoms with E-state index in [1.54, 1.807) is 14.1 Å². The number of ketones is 2. The molecule has 0 unspecified atom stereocenters. The fraction of sp³-hybridized carbons (Fsp3) is 0.692. The Morgan fingerprint density at radius 3 is 1.71 bits per heavy atom. The van der Waals surface area contributed by atoms with Gasteiger partial charge in [0.05, 0.1) is 20.2 Å². The second kappa shape index (κ2) is 16.3. The van der Waals surface area contributed by atoms with E-state index in [0.29, 0.717) is 6.67 Å². The number of ether oxygens (including phenoxy) is 1. The Morgan fingerprint density at radius 1 is 1.05 bits per heavy atom. The molecule has 124 valence electrons. The number of aliphatic hydroxyl groups is 1. The summed E-state index contributed by atoms with van der Waals surface area (Å²) in [5, 5.41) is 9.82. The van der Waals surface area contributed by atoms with E-state index in [2.05, 4.69) is 10.1 Å². The summed E-state index contributed by atoms with van der Waals surface area (Å²) in [7, 11) is 5.66. The Hall–Kier alpha value is -1.80. The molecule has 0 saturated heterocycles. The summed E-state index contributed by atoms with van der Waals surface area (Å²) >= 11 is 0. The summed E-state index contributed by atoms with van der Waals surface area (Å²) in [5.41, 5.74) is 0. The second-order valence-electron chi connectivity index (χ2n) is 3.94. The minimum Gasteiger partial charge on any atom is -0.469 e. The smallest absolute Gasteiger partial charge is 0.313 e. The Kier molecular flexibility index (Phi) is 18.8. The molecule has 0 aliphatic heterocycles. The van der Waals surface area contributed by atoms with E-state index < -0.39 is 5.97 Å². The van der Waals surface area contributed by atoms with Gasteiger partial charge in [0.2, 0.25) is 5.91 Å². The van der Waals surface area contributed by atoms with Gasteiger partial charge >= 0.3 is 5.97 Å². The number of amides is 1. The van der Waals surface area contributed by atoms with Crippen molar-refractivity contribution in [3.8, 4) is 0 Å². The van der Waals surface area contributed by atoms with E-state index in [9.17, 15) is 19.2 Å². The molecule has 0 rings (SSSR count). The molecule has 0 aromatic heterocycles. The number of nitrogens with zero attached hydrogens (tertiary/aromatic N) is 1. The SMILES string of the molecule is CNCN(C)C(=O)CC(C)=O.CO.COC(=O)CC(C)=O. The monoisotopic (exact) mass is 306 g/mol. The zero-order valence-electron chi connectivity index (χ0n) is 13.6. The molecule has 0 fully saturated rings. The largest absolute Gasteiger partial charge is 0.469 e. The normalized spacial score (nSPS) is 8.33. The fourth-order valence-electron chi connectivity index (χ4n) is 0.949. The molecular weight excluding hydrogens is 280 g/mol. The first-order valence-corrected chi connectivity index (χ1v) is 6.13. The van der Waals surface area contributed by atoms with Gasteiger partial charge in [-0.05, 0) is 20.9 Å². The van der Waals surface area contributed by atoms with E-state index in [0.717, 1.165) is 7.11 Å². The number of carbonyl (C=O) groups excluding carboxylic acids is 4. The maximum Gasteiger partial charge on any atom is 0.313 e. The lowest BCUT2D eigenvalue weighted by molar-refractivity contribution is -0.143. The van der Waals surface area contributed by atoms with Gasteiger partial charge in [0.1, 0.15) is 18.0 Å². The van der Waals surface area contributed by atoms with Gasteiger partial charge in [-0.3, -0.25) is 19.2 Å². The van der Waals surface area contributed by atoms with Gasteiger partial charge in [-0.15, -0.1) is 0 Å². The van der Waals surface area contributed by atoms with Crippen LogP contribution in [0, 0.1) is 0 Å². The maximum absolute atomic E-state index is 11.0. The molecule has 0 aliphatic carbocycles. The first-order chi connectivity index (χ1) is 9.74. The molecule has 2 N–H and O–H groups in total. The first kappa shape index (κ1) is 24.2. The summed E-state index contributed by atoms with van der Waals surface area (Å²) in [5.74, 6) is -0.890. The number of aliphatic hydroxyl groups excluding tert-OH is 1. The molecule has 8 heteroatoms. The summed E-state index contributed by atoms with van der Waals surface area (Å²) < 4.78 is 4.20. The lowest BCUT2D eigenvalue weighted by atomic mass is 10.3. The van der Waals surface area contributed by atoms with Crippen LogP contribution in [0.2, 0.25) is 0 Å². The third kappa shape index (κ3) is 20.7. The highest BCUT2D eigenvalue weighted by Gasteiger charge is 2.08. The van der Waals surface area contributed by atoms with E-state index in [1.165, 1.54) is 25.9 Å². The quantitative estimate of drug-likeness (QED) is 0.381. The standard InChI is InChI=1S/C7H14N2O2.C5H8O3.CH4O/c1-6(10)4-7(11)9(3)5-8-2;1-4(6)3-5(7)8-2;1-2/h8H,4-5H2,1-3H3;3H2,1-2H3;2H,1H3. The van der Waals surface area contributed by atoms with Crippen molar-refractivity contribution in [3.63, 3.8) is 0 Å². The summed E-state index contributed by atoms with van der Waals surface area (Å²) in [6.07, 6.45) is -0.116. The second-order valence-corrected chi connectivity index (χ2v) is 3.94. The van der Waals surface area contributed by atoms with Crippen LogP contribution in [0.3, 0.4) is 0 Å². The van der Waals surface area contributed by atoms with Crippen molar-refractivity contribution >= 4 is 23.4 Å². The average molecular weight is 306 g/mol. The van der Waals surface area contributed by atoms with Gasteiger partial charge in [0, 0.05) is 14.2 Å². The third-order valence-corrected chi connectivity index (χ3v) is 1.84. The number of hydrogen-bond donors (Lipinski definition) is 2. The molecule has 0 atom stereocenters. The van der Waals surface area contributed by atoms with Crippen LogP contribution in [0.5, 0.6) is 0 Å². The number of esters is 1. The van der Waals surface area contributed by atoms with E-state index in [4.69, 9.17) is 5.11 Å². The Labute approximate surface area is 125 Å². The molecule has 0 aromatic rings. The maximum atomic E-state index is 11.0. The number of nitrogens with one attached hydrogen (secondary N) is 1. The average Bonchev–Trinajstić information content (AvgIpc) is 2.40.